The standard InChI is InChI=1S/C28H25F6NO2/c1-18(19-9-4-2-5-10-19)25(36)35-23(20-11-6-3-7-12-20)14-8-13-21-17-22(15-16-24(21)35)26(37,27(29,30)31)28(32,33)34/h2-7,9-12,15-18,23,37H,8,13-14H2,1H3/t18-,23?/m0/s1. The van der Waals surface area contributed by atoms with Gasteiger partial charge in [-0.05, 0) is 48.9 Å². The summed E-state index contributed by atoms with van der Waals surface area (Å²) in [5.41, 5.74) is -4.47. The average Bonchev–Trinajstić information content (AvgIpc) is 3.06. The Morgan fingerprint density at radius 1 is 0.892 bits per heavy atom. The number of anilines is 1. The Morgan fingerprint density at radius 3 is 2.03 bits per heavy atom. The van der Waals surface area contributed by atoms with Crippen LogP contribution in [0, 0.1) is 0 Å². The van der Waals surface area contributed by atoms with Crippen molar-refractivity contribution in [3.05, 3.63) is 101 Å². The van der Waals surface area contributed by atoms with E-state index in [9.17, 15) is 36.2 Å². The minimum atomic E-state index is -5.99. The van der Waals surface area contributed by atoms with Gasteiger partial charge >= 0.3 is 12.4 Å². The Balaban J connectivity index is 1.87. The van der Waals surface area contributed by atoms with Gasteiger partial charge in [0.1, 0.15) is 0 Å². The number of rotatable bonds is 4. The largest absolute Gasteiger partial charge is 0.430 e. The molecule has 0 spiro atoms. The van der Waals surface area contributed by atoms with Gasteiger partial charge in [-0.3, -0.25) is 4.79 Å². The average molecular weight is 522 g/mol. The summed E-state index contributed by atoms with van der Waals surface area (Å²) < 4.78 is 81.3. The van der Waals surface area contributed by atoms with Crippen LogP contribution in [-0.4, -0.2) is 23.4 Å². The third-order valence-corrected chi connectivity index (χ3v) is 6.90. The molecule has 3 aromatic carbocycles. The lowest BCUT2D eigenvalue weighted by Crippen LogP contribution is -2.54. The predicted molar refractivity (Wildman–Crippen MR) is 127 cm³/mol. The Hall–Kier alpha value is -3.33. The maximum atomic E-state index is 13.9. The predicted octanol–water partition coefficient (Wildman–Crippen LogP) is 7.21. The lowest BCUT2D eigenvalue weighted by molar-refractivity contribution is -0.376. The smallest absolute Gasteiger partial charge is 0.369 e. The molecule has 0 fully saturated rings. The van der Waals surface area contributed by atoms with E-state index in [2.05, 4.69) is 0 Å². The van der Waals surface area contributed by atoms with Gasteiger partial charge in [-0.25, -0.2) is 0 Å². The molecule has 0 aliphatic carbocycles. The Bertz CT molecular complexity index is 1230. The van der Waals surface area contributed by atoms with Crippen molar-refractivity contribution in [3.8, 4) is 0 Å². The highest BCUT2D eigenvalue weighted by Gasteiger charge is 2.71. The molecule has 3 aromatic rings. The summed E-state index contributed by atoms with van der Waals surface area (Å²) in [6.45, 7) is 1.71. The van der Waals surface area contributed by atoms with Crippen molar-refractivity contribution in [1.82, 2.24) is 0 Å². The summed E-state index contributed by atoms with van der Waals surface area (Å²) in [6, 6.07) is 20.0. The Labute approximate surface area is 210 Å². The number of aliphatic hydroxyl groups is 1. The number of amides is 1. The van der Waals surface area contributed by atoms with E-state index in [1.165, 1.54) is 4.90 Å². The van der Waals surface area contributed by atoms with E-state index in [-0.39, 0.29) is 23.6 Å². The van der Waals surface area contributed by atoms with E-state index in [0.717, 1.165) is 23.3 Å². The number of carbonyl (C=O) groups is 1. The summed E-state index contributed by atoms with van der Waals surface area (Å²) >= 11 is 0. The van der Waals surface area contributed by atoms with Crippen LogP contribution in [-0.2, 0) is 16.8 Å². The first-order chi connectivity index (χ1) is 17.4. The molecule has 1 unspecified atom stereocenters. The minimum Gasteiger partial charge on any atom is -0.369 e. The maximum absolute atomic E-state index is 13.9. The van der Waals surface area contributed by atoms with Crippen molar-refractivity contribution in [2.45, 2.75) is 56.1 Å². The molecule has 1 N–H and O–H groups in total. The zero-order chi connectivity index (χ0) is 27.0. The second-order valence-corrected chi connectivity index (χ2v) is 9.21. The molecular weight excluding hydrogens is 496 g/mol. The fraction of sp³-hybridized carbons (Fsp3) is 0.321. The van der Waals surface area contributed by atoms with Crippen molar-refractivity contribution in [1.29, 1.82) is 0 Å². The first kappa shape index (κ1) is 26.7. The fourth-order valence-electron chi connectivity index (χ4n) is 4.87. The highest BCUT2D eigenvalue weighted by molar-refractivity contribution is 5.99. The van der Waals surface area contributed by atoms with Gasteiger partial charge in [0.25, 0.3) is 5.60 Å². The summed E-state index contributed by atoms with van der Waals surface area (Å²) in [4.78, 5) is 15.4. The van der Waals surface area contributed by atoms with Crippen molar-refractivity contribution in [2.24, 2.45) is 0 Å². The lowest BCUT2D eigenvalue weighted by atomic mass is 9.89. The number of hydrogen-bond acceptors (Lipinski definition) is 2. The maximum Gasteiger partial charge on any atom is 0.430 e. The molecule has 9 heteroatoms. The second kappa shape index (κ2) is 9.85. The number of benzene rings is 3. The Morgan fingerprint density at radius 2 is 1.46 bits per heavy atom. The molecule has 1 heterocycles. The van der Waals surface area contributed by atoms with Crippen LogP contribution in [0.1, 0.15) is 54.0 Å². The zero-order valence-corrected chi connectivity index (χ0v) is 19.9. The van der Waals surface area contributed by atoms with Gasteiger partial charge in [0, 0.05) is 11.3 Å². The van der Waals surface area contributed by atoms with Gasteiger partial charge in [0.15, 0.2) is 0 Å². The second-order valence-electron chi connectivity index (χ2n) is 9.21. The van der Waals surface area contributed by atoms with E-state index < -0.39 is 35.5 Å². The molecule has 3 nitrogen and oxygen atoms in total. The molecule has 4 rings (SSSR count). The number of nitrogens with zero attached hydrogens (tertiary/aromatic N) is 1. The zero-order valence-electron chi connectivity index (χ0n) is 19.9. The number of carbonyl (C=O) groups excluding carboxylic acids is 1. The monoisotopic (exact) mass is 521 g/mol. The van der Waals surface area contributed by atoms with Crippen LogP contribution in [0.4, 0.5) is 32.0 Å². The molecule has 0 bridgehead atoms. The Kier molecular flexibility index (Phi) is 7.12. The molecule has 37 heavy (non-hydrogen) atoms. The summed E-state index contributed by atoms with van der Waals surface area (Å²) in [7, 11) is 0. The van der Waals surface area contributed by atoms with Gasteiger partial charge in [-0.1, -0.05) is 72.8 Å². The number of alkyl halides is 6. The molecule has 0 radical (unpaired) electrons. The van der Waals surface area contributed by atoms with E-state index in [1.807, 2.05) is 18.2 Å². The van der Waals surface area contributed by atoms with E-state index in [4.69, 9.17) is 0 Å². The van der Waals surface area contributed by atoms with Crippen molar-refractivity contribution < 1.29 is 36.2 Å². The molecule has 196 valence electrons. The third kappa shape index (κ3) is 4.84. The molecular formula is C28H25F6NO2. The highest BCUT2D eigenvalue weighted by Crippen LogP contribution is 2.51. The van der Waals surface area contributed by atoms with Crippen molar-refractivity contribution >= 4 is 11.6 Å². The van der Waals surface area contributed by atoms with E-state index in [0.29, 0.717) is 18.9 Å². The van der Waals surface area contributed by atoms with Crippen LogP contribution in [0.3, 0.4) is 0 Å². The van der Waals surface area contributed by atoms with Crippen LogP contribution in [0.15, 0.2) is 78.9 Å². The third-order valence-electron chi connectivity index (χ3n) is 6.90. The molecule has 0 aromatic heterocycles. The van der Waals surface area contributed by atoms with Crippen LogP contribution >= 0.6 is 0 Å². The van der Waals surface area contributed by atoms with Gasteiger partial charge in [-0.15, -0.1) is 0 Å². The number of halogens is 6. The molecule has 1 amide bonds. The fourth-order valence-corrected chi connectivity index (χ4v) is 4.87. The first-order valence-electron chi connectivity index (χ1n) is 11.8. The van der Waals surface area contributed by atoms with Crippen LogP contribution in [0.2, 0.25) is 0 Å². The summed E-state index contributed by atoms with van der Waals surface area (Å²) in [6.07, 6.45) is -11.0. The summed E-state index contributed by atoms with van der Waals surface area (Å²) in [5.74, 6) is -0.960. The van der Waals surface area contributed by atoms with Crippen LogP contribution < -0.4 is 4.90 Å². The summed E-state index contributed by atoms with van der Waals surface area (Å²) in [5, 5.41) is 9.94. The van der Waals surface area contributed by atoms with Crippen LogP contribution in [0.25, 0.3) is 0 Å². The van der Waals surface area contributed by atoms with Crippen molar-refractivity contribution in [3.63, 3.8) is 0 Å². The number of hydrogen-bond donors (Lipinski definition) is 1. The SMILES string of the molecule is C[C@H](C(=O)N1c2ccc(C(O)(C(F)(F)F)C(F)(F)F)cc2CCCC1c1ccccc1)c1ccccc1. The molecule has 2 atom stereocenters. The normalized spacial score (nSPS) is 17.6. The minimum absolute atomic E-state index is 0.136. The lowest BCUT2D eigenvalue weighted by Gasteiger charge is -2.35. The molecule has 0 saturated carbocycles. The highest BCUT2D eigenvalue weighted by atomic mass is 19.4. The van der Waals surface area contributed by atoms with Crippen molar-refractivity contribution in [2.75, 3.05) is 4.90 Å². The molecule has 1 aliphatic heterocycles. The number of aryl methyl sites for hydroxylation is 1. The van der Waals surface area contributed by atoms with Gasteiger partial charge in [0.05, 0.1) is 12.0 Å². The van der Waals surface area contributed by atoms with E-state index >= 15 is 0 Å². The topological polar surface area (TPSA) is 40.5 Å². The first-order valence-corrected chi connectivity index (χ1v) is 11.8. The quantitative estimate of drug-likeness (QED) is 0.369. The molecule has 1 aliphatic rings. The van der Waals surface area contributed by atoms with Gasteiger partial charge in [0.2, 0.25) is 5.91 Å². The molecule has 0 saturated heterocycles. The van der Waals surface area contributed by atoms with Crippen LogP contribution in [0.5, 0.6) is 0 Å². The van der Waals surface area contributed by atoms with Gasteiger partial charge in [-0.2, -0.15) is 26.3 Å². The number of fused-ring (bicyclic) bond motifs is 1. The van der Waals surface area contributed by atoms with Gasteiger partial charge < -0.3 is 10.0 Å². The van der Waals surface area contributed by atoms with E-state index in [1.54, 1.807) is 49.4 Å².